The van der Waals surface area contributed by atoms with Crippen molar-refractivity contribution >= 4 is 18.0 Å². The number of carbonyl (C=O) groups excluding carboxylic acids is 3. The fourth-order valence-corrected chi connectivity index (χ4v) is 2.88. The summed E-state index contributed by atoms with van der Waals surface area (Å²) in [6.45, 7) is 3.35. The molecule has 2 amide bonds. The van der Waals surface area contributed by atoms with Crippen molar-refractivity contribution < 1.29 is 28.3 Å². The molecule has 0 unspecified atom stereocenters. The third-order valence-corrected chi connectivity index (χ3v) is 4.21. The first-order valence-corrected chi connectivity index (χ1v) is 8.39. The molecule has 1 aliphatic heterocycles. The van der Waals surface area contributed by atoms with E-state index < -0.39 is 0 Å². The molecule has 2 rings (SSSR count). The van der Waals surface area contributed by atoms with Crippen LogP contribution in [0.4, 0.5) is 4.79 Å². The highest BCUT2D eigenvalue weighted by Gasteiger charge is 2.31. The fourth-order valence-electron chi connectivity index (χ4n) is 2.88. The second-order valence-corrected chi connectivity index (χ2v) is 5.72. The van der Waals surface area contributed by atoms with Crippen molar-refractivity contribution in [2.24, 2.45) is 0 Å². The van der Waals surface area contributed by atoms with Crippen LogP contribution in [-0.2, 0) is 14.3 Å². The number of hydrogen-bond acceptors (Lipinski definition) is 6. The minimum absolute atomic E-state index is 0.0760. The van der Waals surface area contributed by atoms with E-state index in [2.05, 4.69) is 4.74 Å². The number of furan rings is 1. The van der Waals surface area contributed by atoms with Crippen LogP contribution in [0.1, 0.15) is 36.7 Å². The molecular weight excluding hydrogens is 328 g/mol. The van der Waals surface area contributed by atoms with E-state index >= 15 is 0 Å². The highest BCUT2D eigenvalue weighted by molar-refractivity contribution is 5.92. The number of rotatable bonds is 6. The summed E-state index contributed by atoms with van der Waals surface area (Å²) < 4.78 is 14.9. The second kappa shape index (κ2) is 9.10. The van der Waals surface area contributed by atoms with Gasteiger partial charge in [0.1, 0.15) is 0 Å². The number of nitrogens with zero attached hydrogens (tertiary/aromatic N) is 2. The molecule has 8 nitrogen and oxygen atoms in total. The summed E-state index contributed by atoms with van der Waals surface area (Å²) in [5.41, 5.74) is 0. The molecule has 1 saturated heterocycles. The van der Waals surface area contributed by atoms with Gasteiger partial charge in [0.15, 0.2) is 5.76 Å². The van der Waals surface area contributed by atoms with E-state index in [1.807, 2.05) is 0 Å². The molecule has 0 bridgehead atoms. The Morgan fingerprint density at radius 1 is 1.32 bits per heavy atom. The molecule has 0 aliphatic carbocycles. The molecule has 1 aromatic rings. The maximum atomic E-state index is 12.7. The van der Waals surface area contributed by atoms with Crippen molar-refractivity contribution in [1.29, 1.82) is 0 Å². The van der Waals surface area contributed by atoms with Crippen LogP contribution < -0.4 is 0 Å². The standard InChI is InChI=1S/C17H24N2O6/c1-3-24-17(22)18-9-6-13(7-10-18)19(11-8-15(20)23-2)16(21)14-5-4-12-25-14/h4-5,12-13H,3,6-11H2,1-2H3. The van der Waals surface area contributed by atoms with Crippen molar-refractivity contribution in [3.05, 3.63) is 24.2 Å². The van der Waals surface area contributed by atoms with Gasteiger partial charge >= 0.3 is 12.1 Å². The van der Waals surface area contributed by atoms with Gasteiger partial charge in [0.2, 0.25) is 0 Å². The van der Waals surface area contributed by atoms with E-state index in [0.29, 0.717) is 32.5 Å². The van der Waals surface area contributed by atoms with Crippen LogP contribution >= 0.6 is 0 Å². The summed E-state index contributed by atoms with van der Waals surface area (Å²) in [7, 11) is 1.32. The number of esters is 1. The van der Waals surface area contributed by atoms with Crippen molar-refractivity contribution in [3.8, 4) is 0 Å². The van der Waals surface area contributed by atoms with Crippen LogP contribution in [0.5, 0.6) is 0 Å². The van der Waals surface area contributed by atoms with E-state index in [-0.39, 0.29) is 42.7 Å². The Kier molecular flexibility index (Phi) is 6.85. The molecule has 1 fully saturated rings. The summed E-state index contributed by atoms with van der Waals surface area (Å²) in [6, 6.07) is 3.17. The third kappa shape index (κ3) is 4.98. The maximum absolute atomic E-state index is 12.7. The zero-order chi connectivity index (χ0) is 18.2. The number of carbonyl (C=O) groups is 3. The summed E-state index contributed by atoms with van der Waals surface area (Å²) in [5.74, 6) is -0.401. The Bertz CT molecular complexity index is 578. The van der Waals surface area contributed by atoms with Crippen molar-refractivity contribution in [1.82, 2.24) is 9.80 Å². The normalized spacial score (nSPS) is 14.9. The first kappa shape index (κ1) is 18.8. The first-order chi connectivity index (χ1) is 12.1. The van der Waals surface area contributed by atoms with Gasteiger partial charge in [-0.25, -0.2) is 4.79 Å². The molecule has 8 heteroatoms. The summed E-state index contributed by atoms with van der Waals surface area (Å²) in [6.07, 6.45) is 2.45. The molecule has 0 N–H and O–H groups in total. The second-order valence-electron chi connectivity index (χ2n) is 5.72. The highest BCUT2D eigenvalue weighted by atomic mass is 16.6. The lowest BCUT2D eigenvalue weighted by Crippen LogP contribution is -2.49. The smallest absolute Gasteiger partial charge is 0.409 e. The van der Waals surface area contributed by atoms with Gasteiger partial charge in [-0.3, -0.25) is 9.59 Å². The quantitative estimate of drug-likeness (QED) is 0.727. The Morgan fingerprint density at radius 3 is 2.60 bits per heavy atom. The Morgan fingerprint density at radius 2 is 2.04 bits per heavy atom. The SMILES string of the molecule is CCOC(=O)N1CCC(N(CCC(=O)OC)C(=O)c2ccco2)CC1. The molecule has 0 atom stereocenters. The minimum atomic E-state index is -0.374. The molecule has 138 valence electrons. The lowest BCUT2D eigenvalue weighted by Gasteiger charge is -2.37. The van der Waals surface area contributed by atoms with Crippen LogP contribution in [0.2, 0.25) is 0 Å². The molecule has 1 aromatic heterocycles. The van der Waals surface area contributed by atoms with E-state index in [4.69, 9.17) is 9.15 Å². The number of piperidine rings is 1. The summed E-state index contributed by atoms with van der Waals surface area (Å²) in [5, 5.41) is 0. The topological polar surface area (TPSA) is 89.3 Å². The van der Waals surface area contributed by atoms with Gasteiger partial charge in [0, 0.05) is 25.7 Å². The average Bonchev–Trinajstić information content (AvgIpc) is 3.17. The maximum Gasteiger partial charge on any atom is 0.409 e. The van der Waals surface area contributed by atoms with Crippen LogP contribution in [0.25, 0.3) is 0 Å². The molecule has 0 saturated carbocycles. The largest absolute Gasteiger partial charge is 0.469 e. The van der Waals surface area contributed by atoms with Crippen LogP contribution in [0.15, 0.2) is 22.8 Å². The van der Waals surface area contributed by atoms with Crippen LogP contribution in [0, 0.1) is 0 Å². The van der Waals surface area contributed by atoms with E-state index in [1.165, 1.54) is 13.4 Å². The number of amides is 2. The Balaban J connectivity index is 2.01. The van der Waals surface area contributed by atoms with Crippen LogP contribution in [-0.4, -0.2) is 67.2 Å². The fraction of sp³-hybridized carbons (Fsp3) is 0.588. The molecule has 0 aromatic carbocycles. The number of ether oxygens (including phenoxy) is 2. The highest BCUT2D eigenvalue weighted by Crippen LogP contribution is 2.20. The first-order valence-electron chi connectivity index (χ1n) is 8.39. The van der Waals surface area contributed by atoms with Gasteiger partial charge in [-0.2, -0.15) is 0 Å². The van der Waals surface area contributed by atoms with Gasteiger partial charge in [0.25, 0.3) is 5.91 Å². The molecule has 1 aliphatic rings. The zero-order valence-electron chi connectivity index (χ0n) is 14.6. The number of likely N-dealkylation sites (tertiary alicyclic amines) is 1. The van der Waals surface area contributed by atoms with Crippen molar-refractivity contribution in [2.75, 3.05) is 33.4 Å². The van der Waals surface area contributed by atoms with E-state index in [9.17, 15) is 14.4 Å². The Labute approximate surface area is 146 Å². The summed E-state index contributed by atoms with van der Waals surface area (Å²) in [4.78, 5) is 39.2. The molecule has 0 spiro atoms. The lowest BCUT2D eigenvalue weighted by molar-refractivity contribution is -0.140. The van der Waals surface area contributed by atoms with Crippen molar-refractivity contribution in [3.63, 3.8) is 0 Å². The van der Waals surface area contributed by atoms with Gasteiger partial charge in [-0.1, -0.05) is 0 Å². The number of methoxy groups -OCH3 is 1. The van der Waals surface area contributed by atoms with E-state index in [1.54, 1.807) is 28.9 Å². The third-order valence-electron chi connectivity index (χ3n) is 4.21. The van der Waals surface area contributed by atoms with Gasteiger partial charge in [0.05, 0.1) is 26.4 Å². The van der Waals surface area contributed by atoms with Gasteiger partial charge in [-0.05, 0) is 31.9 Å². The molecule has 25 heavy (non-hydrogen) atoms. The lowest BCUT2D eigenvalue weighted by atomic mass is 10.0. The molecule has 2 heterocycles. The monoisotopic (exact) mass is 352 g/mol. The molecular formula is C17H24N2O6. The van der Waals surface area contributed by atoms with Gasteiger partial charge < -0.3 is 23.7 Å². The average molecular weight is 352 g/mol. The van der Waals surface area contributed by atoms with Gasteiger partial charge in [-0.15, -0.1) is 0 Å². The summed E-state index contributed by atoms with van der Waals surface area (Å²) >= 11 is 0. The van der Waals surface area contributed by atoms with Crippen LogP contribution in [0.3, 0.4) is 0 Å². The number of hydrogen-bond donors (Lipinski definition) is 0. The predicted molar refractivity (Wildman–Crippen MR) is 88.0 cm³/mol. The Hall–Kier alpha value is -2.51. The predicted octanol–water partition coefficient (Wildman–Crippen LogP) is 1.91. The minimum Gasteiger partial charge on any atom is -0.469 e. The van der Waals surface area contributed by atoms with Crippen molar-refractivity contribution in [2.45, 2.75) is 32.2 Å². The molecule has 0 radical (unpaired) electrons. The zero-order valence-corrected chi connectivity index (χ0v) is 14.6. The van der Waals surface area contributed by atoms with E-state index in [0.717, 1.165) is 0 Å².